The first-order valence-corrected chi connectivity index (χ1v) is 9.17. The van der Waals surface area contributed by atoms with E-state index in [2.05, 4.69) is 10.6 Å². The Morgan fingerprint density at radius 3 is 2.28 bits per heavy atom. The Kier molecular flexibility index (Phi) is 7.75. The van der Waals surface area contributed by atoms with Gasteiger partial charge in [-0.3, -0.25) is 19.3 Å². The Morgan fingerprint density at radius 1 is 1.03 bits per heavy atom. The molecular formula is C21H24ClN3O4. The first-order chi connectivity index (χ1) is 13.6. The van der Waals surface area contributed by atoms with Crippen LogP contribution < -0.4 is 15.4 Å². The van der Waals surface area contributed by atoms with E-state index >= 15 is 0 Å². The molecule has 3 rings (SSSR count). The summed E-state index contributed by atoms with van der Waals surface area (Å²) in [5.41, 5.74) is 1.85. The third-order valence-corrected chi connectivity index (χ3v) is 4.56. The fraction of sp³-hybridized carbons (Fsp3) is 0.286. The number of nitrogens with one attached hydrogen (secondary N) is 2. The van der Waals surface area contributed by atoms with E-state index in [4.69, 9.17) is 4.74 Å². The predicted molar refractivity (Wildman–Crippen MR) is 112 cm³/mol. The van der Waals surface area contributed by atoms with Crippen molar-refractivity contribution in [3.63, 3.8) is 0 Å². The summed E-state index contributed by atoms with van der Waals surface area (Å²) < 4.78 is 5.29. The van der Waals surface area contributed by atoms with E-state index in [1.165, 1.54) is 12.0 Å². The zero-order chi connectivity index (χ0) is 20.1. The van der Waals surface area contributed by atoms with Crippen molar-refractivity contribution in [2.24, 2.45) is 0 Å². The highest BCUT2D eigenvalue weighted by Crippen LogP contribution is 2.26. The van der Waals surface area contributed by atoms with Crippen LogP contribution in [0.4, 0.5) is 0 Å². The van der Waals surface area contributed by atoms with Gasteiger partial charge in [0.25, 0.3) is 17.7 Å². The van der Waals surface area contributed by atoms with E-state index in [0.717, 1.165) is 6.54 Å². The first kappa shape index (κ1) is 22.4. The number of imide groups is 1. The zero-order valence-electron chi connectivity index (χ0n) is 16.4. The topological polar surface area (TPSA) is 87.7 Å². The number of halogens is 1. The summed E-state index contributed by atoms with van der Waals surface area (Å²) in [6, 6.07) is 11.8. The smallest absolute Gasteiger partial charge is 0.261 e. The minimum absolute atomic E-state index is 0. The van der Waals surface area contributed by atoms with Gasteiger partial charge in [-0.25, -0.2) is 0 Å². The Labute approximate surface area is 175 Å². The van der Waals surface area contributed by atoms with Gasteiger partial charge in [0.05, 0.1) is 30.3 Å². The van der Waals surface area contributed by atoms with Crippen LogP contribution in [-0.4, -0.2) is 49.4 Å². The van der Waals surface area contributed by atoms with E-state index < -0.39 is 0 Å². The Morgan fingerprint density at radius 2 is 1.69 bits per heavy atom. The maximum absolute atomic E-state index is 12.6. The third kappa shape index (κ3) is 4.75. The van der Waals surface area contributed by atoms with Crippen LogP contribution in [0.1, 0.15) is 43.6 Å². The number of methoxy groups -OCH3 is 1. The van der Waals surface area contributed by atoms with Gasteiger partial charge in [0.2, 0.25) is 0 Å². The van der Waals surface area contributed by atoms with Crippen LogP contribution in [0.5, 0.6) is 5.75 Å². The monoisotopic (exact) mass is 417 g/mol. The quantitative estimate of drug-likeness (QED) is 0.508. The zero-order valence-corrected chi connectivity index (χ0v) is 17.2. The number of benzene rings is 2. The van der Waals surface area contributed by atoms with Gasteiger partial charge >= 0.3 is 0 Å². The predicted octanol–water partition coefficient (Wildman–Crippen LogP) is 2.25. The van der Waals surface area contributed by atoms with Crippen LogP contribution in [0.2, 0.25) is 0 Å². The number of hydrogen-bond acceptors (Lipinski definition) is 5. The lowest BCUT2D eigenvalue weighted by atomic mass is 10.1. The molecule has 2 aromatic rings. The van der Waals surface area contributed by atoms with Crippen molar-refractivity contribution in [1.82, 2.24) is 15.5 Å². The van der Waals surface area contributed by atoms with Gasteiger partial charge in [-0.05, 0) is 36.4 Å². The van der Waals surface area contributed by atoms with E-state index in [9.17, 15) is 14.4 Å². The Bertz CT molecular complexity index is 882. The maximum Gasteiger partial charge on any atom is 0.261 e. The van der Waals surface area contributed by atoms with Crippen LogP contribution in [-0.2, 0) is 6.54 Å². The largest absolute Gasteiger partial charge is 0.496 e. The van der Waals surface area contributed by atoms with Gasteiger partial charge in [0.1, 0.15) is 5.75 Å². The van der Waals surface area contributed by atoms with E-state index in [0.29, 0.717) is 41.1 Å². The highest BCUT2D eigenvalue weighted by molar-refractivity contribution is 6.21. The normalized spacial score (nSPS) is 12.4. The fourth-order valence-corrected chi connectivity index (χ4v) is 3.13. The lowest BCUT2D eigenvalue weighted by Gasteiger charge is -2.16. The van der Waals surface area contributed by atoms with Gasteiger partial charge in [-0.1, -0.05) is 25.1 Å². The molecule has 0 saturated carbocycles. The van der Waals surface area contributed by atoms with Crippen molar-refractivity contribution >= 4 is 30.1 Å². The number of carbonyl (C=O) groups is 3. The molecule has 0 unspecified atom stereocenters. The van der Waals surface area contributed by atoms with Gasteiger partial charge < -0.3 is 15.4 Å². The third-order valence-electron chi connectivity index (χ3n) is 4.56. The highest BCUT2D eigenvalue weighted by atomic mass is 35.5. The molecule has 0 aromatic heterocycles. The number of ether oxygens (including phenoxy) is 1. The second kappa shape index (κ2) is 10.0. The summed E-state index contributed by atoms with van der Waals surface area (Å²) in [5, 5.41) is 5.97. The second-order valence-electron chi connectivity index (χ2n) is 6.39. The summed E-state index contributed by atoms with van der Waals surface area (Å²) in [5.74, 6) is -0.479. The molecule has 8 heteroatoms. The van der Waals surface area contributed by atoms with Crippen molar-refractivity contribution in [2.75, 3.05) is 26.7 Å². The lowest BCUT2D eigenvalue weighted by molar-refractivity contribution is 0.0642. The van der Waals surface area contributed by atoms with Crippen LogP contribution in [0.3, 0.4) is 0 Å². The standard InChI is InChI=1S/C21H23N3O4.ClH/c1-3-22-10-11-23-19(25)17-12-14(8-9-18(17)28-2)13-24-20(26)15-6-4-5-7-16(15)21(24)27;/h4-9,12,22H,3,10-11,13H2,1-2H3,(H,23,25);1H. The summed E-state index contributed by atoms with van der Waals surface area (Å²) >= 11 is 0. The molecule has 1 aliphatic rings. The molecule has 1 heterocycles. The Balaban J connectivity index is 0.00000300. The van der Waals surface area contributed by atoms with Crippen LogP contribution in [0, 0.1) is 0 Å². The molecular weight excluding hydrogens is 394 g/mol. The maximum atomic E-state index is 12.6. The lowest BCUT2D eigenvalue weighted by Crippen LogP contribution is -2.32. The molecule has 3 amide bonds. The molecule has 0 aliphatic carbocycles. The first-order valence-electron chi connectivity index (χ1n) is 9.17. The minimum atomic E-state index is -0.326. The molecule has 0 saturated heterocycles. The number of rotatable bonds is 8. The average Bonchev–Trinajstić information content (AvgIpc) is 2.96. The summed E-state index contributed by atoms with van der Waals surface area (Å²) in [7, 11) is 1.49. The van der Waals surface area contributed by atoms with Crippen molar-refractivity contribution in [1.29, 1.82) is 0 Å². The van der Waals surface area contributed by atoms with Gasteiger partial charge in [-0.15, -0.1) is 12.4 Å². The molecule has 29 heavy (non-hydrogen) atoms. The number of nitrogens with zero attached hydrogens (tertiary/aromatic N) is 1. The molecule has 0 atom stereocenters. The average molecular weight is 418 g/mol. The van der Waals surface area contributed by atoms with Crippen LogP contribution in [0.25, 0.3) is 0 Å². The molecule has 0 spiro atoms. The second-order valence-corrected chi connectivity index (χ2v) is 6.39. The molecule has 0 radical (unpaired) electrons. The van der Waals surface area contributed by atoms with E-state index in [1.54, 1.807) is 42.5 Å². The van der Waals surface area contributed by atoms with Crippen molar-refractivity contribution < 1.29 is 19.1 Å². The highest BCUT2D eigenvalue weighted by Gasteiger charge is 2.35. The number of carbonyl (C=O) groups excluding carboxylic acids is 3. The van der Waals surface area contributed by atoms with Crippen molar-refractivity contribution in [2.45, 2.75) is 13.5 Å². The molecule has 1 aliphatic heterocycles. The van der Waals surface area contributed by atoms with Gasteiger partial charge in [0.15, 0.2) is 0 Å². The van der Waals surface area contributed by atoms with Gasteiger partial charge in [0, 0.05) is 13.1 Å². The molecule has 0 bridgehead atoms. The molecule has 7 nitrogen and oxygen atoms in total. The summed E-state index contributed by atoms with van der Waals surface area (Å²) in [6.45, 7) is 4.06. The van der Waals surface area contributed by atoms with E-state index in [1.807, 2.05) is 6.92 Å². The molecule has 154 valence electrons. The number of likely N-dealkylation sites (N-methyl/N-ethyl adjacent to an activating group) is 1. The molecule has 2 N–H and O–H groups in total. The number of fused-ring (bicyclic) bond motifs is 1. The summed E-state index contributed by atoms with van der Waals surface area (Å²) in [4.78, 5) is 38.8. The van der Waals surface area contributed by atoms with Crippen molar-refractivity contribution in [3.8, 4) is 5.75 Å². The molecule has 0 fully saturated rings. The van der Waals surface area contributed by atoms with Crippen molar-refractivity contribution in [3.05, 3.63) is 64.7 Å². The van der Waals surface area contributed by atoms with Crippen LogP contribution >= 0.6 is 12.4 Å². The Hall–Kier alpha value is -2.90. The number of hydrogen-bond donors (Lipinski definition) is 2. The minimum Gasteiger partial charge on any atom is -0.496 e. The fourth-order valence-electron chi connectivity index (χ4n) is 3.13. The van der Waals surface area contributed by atoms with E-state index in [-0.39, 0.29) is 36.7 Å². The van der Waals surface area contributed by atoms with Gasteiger partial charge in [-0.2, -0.15) is 0 Å². The molecule has 2 aromatic carbocycles. The number of amides is 3. The SMILES string of the molecule is CCNCCNC(=O)c1cc(CN2C(=O)c3ccccc3C2=O)ccc1OC.Cl. The summed E-state index contributed by atoms with van der Waals surface area (Å²) in [6.07, 6.45) is 0. The van der Waals surface area contributed by atoms with Crippen LogP contribution in [0.15, 0.2) is 42.5 Å².